The van der Waals surface area contributed by atoms with E-state index < -0.39 is 88.9 Å². The fraction of sp³-hybridized carbons (Fsp3) is 0.568. The highest BCUT2D eigenvalue weighted by Gasteiger charge is 2.90. The molecule has 3 bridgehead atoms. The molecule has 0 radical (unpaired) electrons. The molecule has 3 aliphatic carbocycles. The summed E-state index contributed by atoms with van der Waals surface area (Å²) in [5, 5.41) is 34.9. The van der Waals surface area contributed by atoms with Gasteiger partial charge in [-0.1, -0.05) is 75.4 Å². The zero-order chi connectivity index (χ0) is 33.6. The van der Waals surface area contributed by atoms with Gasteiger partial charge in [0.15, 0.2) is 17.0 Å². The minimum absolute atomic E-state index is 0.234. The number of Topliss-reactive ketones (excluding diaryl/α,β-unsaturated/α-hetero) is 1. The van der Waals surface area contributed by atoms with Crippen molar-refractivity contribution in [3.63, 3.8) is 0 Å². The quantitative estimate of drug-likeness (QED) is 0.149. The molecule has 10 heteroatoms. The van der Waals surface area contributed by atoms with Crippen LogP contribution < -0.4 is 0 Å². The van der Waals surface area contributed by atoms with E-state index in [4.69, 9.17) is 23.7 Å². The number of hydrogen-bond acceptors (Lipinski definition) is 10. The monoisotopic (exact) mass is 648 g/mol. The van der Waals surface area contributed by atoms with Crippen molar-refractivity contribution in [1.29, 1.82) is 0 Å². The Hall–Kier alpha value is -2.96. The van der Waals surface area contributed by atoms with Crippen molar-refractivity contribution in [3.8, 4) is 0 Å². The minimum Gasteiger partial charge on any atom is -0.455 e. The lowest BCUT2D eigenvalue weighted by molar-refractivity contribution is -0.431. The summed E-state index contributed by atoms with van der Waals surface area (Å²) >= 11 is 0. The maximum absolute atomic E-state index is 13.8. The second kappa shape index (κ2) is 11.0. The van der Waals surface area contributed by atoms with Crippen LogP contribution in [0.15, 0.2) is 78.4 Å². The van der Waals surface area contributed by atoms with Gasteiger partial charge in [0.05, 0.1) is 17.8 Å². The standard InChI is InChI=1S/C37H44O10/c1-6-7-8-9-10-11-15-18-34-45-30-26-29-33(20-38,44-29)32(41)35(42)25(19-22(4)27(35)39)37(26,47-34)23(5)28(36(30,46-34)21(2)3)43-31(40)24-16-13-12-14-17-24/h8-14,16-17,19,23,25-26,28-30,32,38,41-42H,2,6-7,15,18,20H2,1,3-5H3. The van der Waals surface area contributed by atoms with E-state index in [2.05, 4.69) is 19.6 Å². The van der Waals surface area contributed by atoms with Crippen molar-refractivity contribution >= 4 is 11.8 Å². The SMILES string of the molecule is C=C(C)C12OC3(CCC=CC=CCCC)OC1C1C4OC4(CO)C(O)C4(O)C(=O)C(C)=CC4C1(O3)C(C)C2OC(=O)c1ccccc1. The second-order valence-electron chi connectivity index (χ2n) is 14.1. The Balaban J connectivity index is 1.40. The van der Waals surface area contributed by atoms with Gasteiger partial charge in [-0.2, -0.15) is 0 Å². The zero-order valence-corrected chi connectivity index (χ0v) is 27.3. The van der Waals surface area contributed by atoms with Gasteiger partial charge in [0.1, 0.15) is 30.0 Å². The lowest BCUT2D eigenvalue weighted by atomic mass is 9.53. The van der Waals surface area contributed by atoms with Crippen LogP contribution in [0.2, 0.25) is 0 Å². The molecule has 10 nitrogen and oxygen atoms in total. The smallest absolute Gasteiger partial charge is 0.338 e. The number of benzene rings is 1. The molecule has 0 spiro atoms. The first-order valence-electron chi connectivity index (χ1n) is 16.6. The summed E-state index contributed by atoms with van der Waals surface area (Å²) in [5.41, 5.74) is -5.87. The average molecular weight is 649 g/mol. The van der Waals surface area contributed by atoms with Crippen LogP contribution in [0.3, 0.4) is 0 Å². The topological polar surface area (TPSA) is 144 Å². The molecule has 3 N–H and O–H groups in total. The van der Waals surface area contributed by atoms with E-state index in [0.29, 0.717) is 17.6 Å². The van der Waals surface area contributed by atoms with Crippen LogP contribution >= 0.6 is 0 Å². The van der Waals surface area contributed by atoms with Gasteiger partial charge in [-0.05, 0) is 50.0 Å². The molecule has 7 rings (SSSR count). The van der Waals surface area contributed by atoms with Crippen LogP contribution in [0.1, 0.15) is 63.7 Å². The van der Waals surface area contributed by atoms with E-state index in [9.17, 15) is 24.9 Å². The molecular formula is C37H44O10. The van der Waals surface area contributed by atoms with E-state index in [1.807, 2.05) is 25.2 Å². The molecule has 6 aliphatic rings. The Labute approximate surface area is 274 Å². The van der Waals surface area contributed by atoms with Crippen molar-refractivity contribution in [3.05, 3.63) is 84.0 Å². The number of carbonyl (C=O) groups is 2. The molecule has 47 heavy (non-hydrogen) atoms. The van der Waals surface area contributed by atoms with Crippen molar-refractivity contribution < 1.29 is 48.6 Å². The third-order valence-electron chi connectivity index (χ3n) is 11.5. The number of epoxide rings is 1. The number of allylic oxidation sites excluding steroid dienone is 4. The van der Waals surface area contributed by atoms with Crippen LogP contribution in [0.5, 0.6) is 0 Å². The lowest BCUT2D eigenvalue weighted by Gasteiger charge is -2.61. The van der Waals surface area contributed by atoms with Crippen molar-refractivity contribution in [2.75, 3.05) is 6.61 Å². The van der Waals surface area contributed by atoms with Gasteiger partial charge in [-0.15, -0.1) is 0 Å². The van der Waals surface area contributed by atoms with Crippen molar-refractivity contribution in [2.45, 2.75) is 106 Å². The van der Waals surface area contributed by atoms with Crippen LogP contribution in [-0.4, -0.2) is 86.5 Å². The van der Waals surface area contributed by atoms with Crippen LogP contribution in [0.25, 0.3) is 0 Å². The molecule has 3 aliphatic heterocycles. The highest BCUT2D eigenvalue weighted by atomic mass is 16.9. The summed E-state index contributed by atoms with van der Waals surface area (Å²) in [6.45, 7) is 11.0. The maximum atomic E-state index is 13.8. The Bertz CT molecular complexity index is 1570. The predicted molar refractivity (Wildman–Crippen MR) is 169 cm³/mol. The van der Waals surface area contributed by atoms with Crippen molar-refractivity contribution in [1.82, 2.24) is 0 Å². The number of unbranched alkanes of at least 4 members (excludes halogenated alkanes) is 1. The van der Waals surface area contributed by atoms with Gasteiger partial charge in [-0.3, -0.25) is 4.79 Å². The Kier molecular flexibility index (Phi) is 7.65. The molecule has 1 aromatic rings. The third-order valence-corrected chi connectivity index (χ3v) is 11.5. The molecule has 252 valence electrons. The summed E-state index contributed by atoms with van der Waals surface area (Å²) in [7, 11) is 0. The number of fused-ring (bicyclic) bond motifs is 3. The molecule has 12 unspecified atom stereocenters. The number of esters is 1. The Morgan fingerprint density at radius 3 is 2.45 bits per heavy atom. The van der Waals surface area contributed by atoms with E-state index in [0.717, 1.165) is 12.8 Å². The average Bonchev–Trinajstić information content (AvgIpc) is 3.69. The van der Waals surface area contributed by atoms with Crippen LogP contribution in [0, 0.1) is 17.8 Å². The Morgan fingerprint density at radius 1 is 1.09 bits per heavy atom. The molecule has 2 saturated carbocycles. The first-order chi connectivity index (χ1) is 22.4. The normalized spacial score (nSPS) is 45.8. The molecule has 12 atom stereocenters. The first-order valence-corrected chi connectivity index (χ1v) is 16.6. The fourth-order valence-corrected chi connectivity index (χ4v) is 9.27. The van der Waals surface area contributed by atoms with Crippen LogP contribution in [-0.2, 0) is 28.5 Å². The summed E-state index contributed by atoms with van der Waals surface area (Å²) in [6, 6.07) is 8.60. The highest BCUT2D eigenvalue weighted by molar-refractivity contribution is 6.05. The molecule has 5 fully saturated rings. The van der Waals surface area contributed by atoms with E-state index in [-0.39, 0.29) is 12.0 Å². The van der Waals surface area contributed by atoms with Crippen molar-refractivity contribution in [2.24, 2.45) is 17.8 Å². The predicted octanol–water partition coefficient (Wildman–Crippen LogP) is 3.70. The van der Waals surface area contributed by atoms with Gasteiger partial charge >= 0.3 is 5.97 Å². The van der Waals surface area contributed by atoms with Gasteiger partial charge in [0.2, 0.25) is 0 Å². The van der Waals surface area contributed by atoms with Gasteiger partial charge < -0.3 is 39.0 Å². The maximum Gasteiger partial charge on any atom is 0.338 e. The van der Waals surface area contributed by atoms with Gasteiger partial charge in [0.25, 0.3) is 5.97 Å². The molecule has 0 amide bonds. The van der Waals surface area contributed by atoms with Crippen LogP contribution in [0.4, 0.5) is 0 Å². The van der Waals surface area contributed by atoms with E-state index in [1.54, 1.807) is 50.3 Å². The summed E-state index contributed by atoms with van der Waals surface area (Å²) in [6.07, 6.45) is 7.81. The fourth-order valence-electron chi connectivity index (χ4n) is 9.27. The molecule has 1 aromatic carbocycles. The number of aliphatic hydroxyl groups excluding tert-OH is 2. The highest BCUT2D eigenvalue weighted by Crippen LogP contribution is 2.73. The number of rotatable bonds is 10. The summed E-state index contributed by atoms with van der Waals surface area (Å²) in [4.78, 5) is 27.6. The summed E-state index contributed by atoms with van der Waals surface area (Å²) in [5.74, 6) is -5.57. The van der Waals surface area contributed by atoms with E-state index in [1.165, 1.54) is 0 Å². The minimum atomic E-state index is -2.40. The first kappa shape index (κ1) is 32.6. The number of hydrogen-bond donors (Lipinski definition) is 3. The molecule has 3 heterocycles. The summed E-state index contributed by atoms with van der Waals surface area (Å²) < 4.78 is 33.4. The zero-order valence-electron chi connectivity index (χ0n) is 27.3. The largest absolute Gasteiger partial charge is 0.455 e. The number of aliphatic hydroxyl groups is 3. The lowest BCUT2D eigenvalue weighted by Crippen LogP contribution is -2.76. The Morgan fingerprint density at radius 2 is 1.79 bits per heavy atom. The number of carbonyl (C=O) groups excluding carboxylic acids is 2. The molecular weight excluding hydrogens is 604 g/mol. The number of ether oxygens (including phenoxy) is 5. The van der Waals surface area contributed by atoms with Gasteiger partial charge in [0, 0.05) is 24.2 Å². The number of ketones is 1. The molecule has 3 saturated heterocycles. The second-order valence-corrected chi connectivity index (χ2v) is 14.1. The third kappa shape index (κ3) is 4.16. The van der Waals surface area contributed by atoms with E-state index >= 15 is 0 Å². The van der Waals surface area contributed by atoms with Gasteiger partial charge in [-0.25, -0.2) is 4.79 Å². The molecule has 0 aromatic heterocycles.